The predicted octanol–water partition coefficient (Wildman–Crippen LogP) is 4.28. The van der Waals surface area contributed by atoms with Gasteiger partial charge in [0.2, 0.25) is 0 Å². The van der Waals surface area contributed by atoms with Gasteiger partial charge in [-0.3, -0.25) is 4.79 Å². The molecule has 0 aliphatic carbocycles. The van der Waals surface area contributed by atoms with Crippen molar-refractivity contribution in [1.82, 2.24) is 20.1 Å². The van der Waals surface area contributed by atoms with Crippen LogP contribution < -0.4 is 10.2 Å². The molecule has 0 unspecified atom stereocenters. The van der Waals surface area contributed by atoms with E-state index in [9.17, 15) is 23.2 Å². The Bertz CT molecular complexity index is 1610. The third-order valence-corrected chi connectivity index (χ3v) is 6.59. The van der Waals surface area contributed by atoms with E-state index < -0.39 is 17.6 Å². The van der Waals surface area contributed by atoms with Gasteiger partial charge in [-0.25, -0.2) is 0 Å². The third kappa shape index (κ3) is 4.99. The minimum Gasteiger partial charge on any atom is -0.395 e. The fourth-order valence-corrected chi connectivity index (χ4v) is 4.76. The number of benzene rings is 3. The van der Waals surface area contributed by atoms with E-state index in [-0.39, 0.29) is 37.4 Å². The number of nitrogens with one attached hydrogen (secondary N) is 1. The fourth-order valence-electron chi connectivity index (χ4n) is 4.76. The average Bonchev–Trinajstić information content (AvgIpc) is 3.50. The summed E-state index contributed by atoms with van der Waals surface area (Å²) in [5.74, 6) is 0.0133. The molecule has 5 rings (SSSR count). The molecule has 1 amide bonds. The number of hydrogen-bond acceptors (Lipinski definition) is 6. The molecule has 0 saturated carbocycles. The van der Waals surface area contributed by atoms with Crippen molar-refractivity contribution in [1.29, 1.82) is 5.26 Å². The van der Waals surface area contributed by atoms with Crippen molar-refractivity contribution < 1.29 is 23.1 Å². The first kappa shape index (κ1) is 26.1. The highest BCUT2D eigenvalue weighted by Crippen LogP contribution is 2.40. The van der Waals surface area contributed by atoms with E-state index in [0.717, 1.165) is 11.6 Å². The lowest BCUT2D eigenvalue weighted by atomic mass is 9.96. The molecule has 0 bridgehead atoms. The lowest BCUT2D eigenvalue weighted by Gasteiger charge is -2.18. The minimum absolute atomic E-state index is 0.00849. The quantitative estimate of drug-likeness (QED) is 0.344. The van der Waals surface area contributed by atoms with E-state index >= 15 is 0 Å². The van der Waals surface area contributed by atoms with E-state index in [0.29, 0.717) is 33.8 Å². The third-order valence-electron chi connectivity index (χ3n) is 6.59. The van der Waals surface area contributed by atoms with Crippen molar-refractivity contribution >= 4 is 11.6 Å². The number of carbonyl (C=O) groups is 1. The molecule has 2 heterocycles. The van der Waals surface area contributed by atoms with Gasteiger partial charge in [-0.2, -0.15) is 18.4 Å². The van der Waals surface area contributed by atoms with Gasteiger partial charge in [0.25, 0.3) is 5.91 Å². The van der Waals surface area contributed by atoms with Crippen LogP contribution in [0, 0.1) is 11.3 Å². The molecule has 1 aromatic heterocycles. The summed E-state index contributed by atoms with van der Waals surface area (Å²) >= 11 is 0. The van der Waals surface area contributed by atoms with Gasteiger partial charge in [-0.15, -0.1) is 10.2 Å². The summed E-state index contributed by atoms with van der Waals surface area (Å²) in [6.45, 7) is -0.0712. The van der Waals surface area contributed by atoms with Crippen LogP contribution in [0.5, 0.6) is 0 Å². The van der Waals surface area contributed by atoms with Crippen molar-refractivity contribution in [3.63, 3.8) is 0 Å². The molecular weight excluding hydrogens is 509 g/mol. The van der Waals surface area contributed by atoms with E-state index in [1.165, 1.54) is 11.0 Å². The number of nitrogens with zero attached hydrogens (tertiary/aromatic N) is 5. The first-order chi connectivity index (χ1) is 18.7. The van der Waals surface area contributed by atoms with Crippen molar-refractivity contribution in [2.45, 2.75) is 19.3 Å². The van der Waals surface area contributed by atoms with Gasteiger partial charge in [-0.05, 0) is 58.7 Å². The van der Waals surface area contributed by atoms with E-state index in [2.05, 4.69) is 21.6 Å². The molecule has 1 aliphatic rings. The standard InChI is InChI=1S/C28H23F3N6O2/c1-36-16-34-35-26(36)22-9-17(13-32)5-6-21(22)19-3-2-4-20(12-19)37-15-24-23(27(37)39)10-18(14-33-7-8-38)11-25(24)28(29,30)31/h2-6,9-12,16,33,38H,7-8,14-15H2,1H3. The van der Waals surface area contributed by atoms with E-state index in [1.807, 2.05) is 6.07 Å². The van der Waals surface area contributed by atoms with Crippen molar-refractivity contribution in [2.75, 3.05) is 18.1 Å². The molecule has 0 atom stereocenters. The number of hydrogen-bond donors (Lipinski definition) is 2. The Labute approximate surface area is 221 Å². The molecule has 39 heavy (non-hydrogen) atoms. The second-order valence-electron chi connectivity index (χ2n) is 9.15. The number of aliphatic hydroxyl groups is 1. The molecular formula is C28H23F3N6O2. The summed E-state index contributed by atoms with van der Waals surface area (Å²) in [4.78, 5) is 14.8. The average molecular weight is 533 g/mol. The van der Waals surface area contributed by atoms with Crippen molar-refractivity contribution in [3.8, 4) is 28.6 Å². The van der Waals surface area contributed by atoms with Gasteiger partial charge in [0.05, 0.1) is 30.3 Å². The fraction of sp³-hybridized carbons (Fsp3) is 0.214. The Hall–Kier alpha value is -4.53. The zero-order valence-electron chi connectivity index (χ0n) is 20.8. The normalized spacial score (nSPS) is 13.0. The Kier molecular flexibility index (Phi) is 6.91. The minimum atomic E-state index is -4.64. The number of fused-ring (bicyclic) bond motifs is 1. The summed E-state index contributed by atoms with van der Waals surface area (Å²) in [6, 6.07) is 16.8. The topological polar surface area (TPSA) is 107 Å². The summed E-state index contributed by atoms with van der Waals surface area (Å²) in [5, 5.41) is 29.4. The molecule has 0 fully saturated rings. The number of aliphatic hydroxyl groups excluding tert-OH is 1. The zero-order chi connectivity index (χ0) is 27.7. The molecule has 0 spiro atoms. The largest absolute Gasteiger partial charge is 0.416 e. The molecule has 1 aliphatic heterocycles. The maximum Gasteiger partial charge on any atom is 0.416 e. The number of anilines is 1. The number of halogens is 3. The molecule has 4 aromatic rings. The first-order valence-corrected chi connectivity index (χ1v) is 12.1. The molecule has 3 aromatic carbocycles. The summed E-state index contributed by atoms with van der Waals surface area (Å²) < 4.78 is 43.7. The highest BCUT2D eigenvalue weighted by atomic mass is 19.4. The molecule has 198 valence electrons. The van der Waals surface area contributed by atoms with Crippen LogP contribution in [-0.2, 0) is 26.3 Å². The van der Waals surface area contributed by atoms with Crippen LogP contribution in [0.15, 0.2) is 60.9 Å². The number of rotatable bonds is 7. The maximum atomic E-state index is 14.0. The second-order valence-corrected chi connectivity index (χ2v) is 9.15. The van der Waals surface area contributed by atoms with E-state index in [4.69, 9.17) is 5.11 Å². The van der Waals surface area contributed by atoms with Crippen LogP contribution in [0.25, 0.3) is 22.5 Å². The van der Waals surface area contributed by atoms with Crippen LogP contribution >= 0.6 is 0 Å². The van der Waals surface area contributed by atoms with Crippen molar-refractivity contribution in [3.05, 3.63) is 88.7 Å². The molecule has 11 heteroatoms. The monoisotopic (exact) mass is 532 g/mol. The van der Waals surface area contributed by atoms with Crippen LogP contribution in [-0.4, -0.2) is 38.9 Å². The maximum absolute atomic E-state index is 14.0. The lowest BCUT2D eigenvalue weighted by molar-refractivity contribution is -0.138. The predicted molar refractivity (Wildman–Crippen MR) is 137 cm³/mol. The van der Waals surface area contributed by atoms with Crippen LogP contribution in [0.4, 0.5) is 18.9 Å². The Balaban J connectivity index is 1.55. The summed E-state index contributed by atoms with van der Waals surface area (Å²) in [5.41, 5.74) is 2.36. The number of alkyl halides is 3. The van der Waals surface area contributed by atoms with Crippen molar-refractivity contribution in [2.24, 2.45) is 7.05 Å². The Morgan fingerprint density at radius 1 is 1.10 bits per heavy atom. The molecule has 2 N–H and O–H groups in total. The lowest BCUT2D eigenvalue weighted by Crippen LogP contribution is -2.23. The smallest absolute Gasteiger partial charge is 0.395 e. The molecule has 0 radical (unpaired) electrons. The number of aromatic nitrogens is 3. The highest BCUT2D eigenvalue weighted by molar-refractivity contribution is 6.10. The second kappa shape index (κ2) is 10.3. The van der Waals surface area contributed by atoms with Gasteiger partial charge in [0.15, 0.2) is 5.82 Å². The van der Waals surface area contributed by atoms with Gasteiger partial charge in [0, 0.05) is 37.0 Å². The number of carbonyl (C=O) groups excluding carboxylic acids is 1. The number of amides is 1. The molecule has 8 nitrogen and oxygen atoms in total. The highest BCUT2D eigenvalue weighted by Gasteiger charge is 2.40. The van der Waals surface area contributed by atoms with Gasteiger partial charge in [-0.1, -0.05) is 18.2 Å². The van der Waals surface area contributed by atoms with Gasteiger partial charge in [0.1, 0.15) is 6.33 Å². The first-order valence-electron chi connectivity index (χ1n) is 12.1. The zero-order valence-corrected chi connectivity index (χ0v) is 20.8. The number of aryl methyl sites for hydroxylation is 1. The van der Waals surface area contributed by atoms with Gasteiger partial charge >= 0.3 is 6.18 Å². The summed E-state index contributed by atoms with van der Waals surface area (Å²) in [6.07, 6.45) is -3.09. The van der Waals surface area contributed by atoms with Crippen LogP contribution in [0.1, 0.15) is 32.6 Å². The van der Waals surface area contributed by atoms with Gasteiger partial charge < -0.3 is 19.9 Å². The van der Waals surface area contributed by atoms with Crippen LogP contribution in [0.2, 0.25) is 0 Å². The number of nitriles is 1. The summed E-state index contributed by atoms with van der Waals surface area (Å²) in [7, 11) is 1.78. The van der Waals surface area contributed by atoms with E-state index in [1.54, 1.807) is 54.3 Å². The SMILES string of the molecule is Cn1cnnc1-c1cc(C#N)ccc1-c1cccc(N2Cc3c(cc(CNCCO)cc3C(F)(F)F)C2=O)c1. The van der Waals surface area contributed by atoms with Crippen LogP contribution in [0.3, 0.4) is 0 Å². The Morgan fingerprint density at radius 2 is 1.92 bits per heavy atom. The molecule has 0 saturated heterocycles. The Morgan fingerprint density at radius 3 is 2.62 bits per heavy atom.